The number of carbonyl (C=O) groups is 1. The number of rotatable bonds is 4. The lowest BCUT2D eigenvalue weighted by Gasteiger charge is -2.11. The molecule has 1 aliphatic carbocycles. The van der Waals surface area contributed by atoms with E-state index < -0.39 is 23.6 Å². The summed E-state index contributed by atoms with van der Waals surface area (Å²) in [5.41, 5.74) is 0.00870. The molecule has 2 rings (SSSR count). The second kappa shape index (κ2) is 4.71. The minimum atomic E-state index is -0.600. The first-order valence-electron chi connectivity index (χ1n) is 5.52. The predicted octanol–water partition coefficient (Wildman–Crippen LogP) is 1.03. The molecule has 0 bridgehead atoms. The molecule has 92 valence electrons. The summed E-state index contributed by atoms with van der Waals surface area (Å²) < 4.78 is 12.7. The van der Waals surface area contributed by atoms with Crippen LogP contribution in [0.15, 0.2) is 18.2 Å². The number of aliphatic hydroxyl groups excluding tert-OH is 1. The maximum atomic E-state index is 12.7. The molecule has 0 saturated heterocycles. The van der Waals surface area contributed by atoms with Crippen LogP contribution in [0.5, 0.6) is 5.75 Å². The number of phenolic OH excluding ortho intramolecular Hbond substituents is 1. The van der Waals surface area contributed by atoms with Crippen LogP contribution in [-0.4, -0.2) is 28.8 Å². The number of halogens is 1. The van der Waals surface area contributed by atoms with Crippen molar-refractivity contribution in [3.63, 3.8) is 0 Å². The van der Waals surface area contributed by atoms with Crippen molar-refractivity contribution >= 4 is 5.91 Å². The van der Waals surface area contributed by atoms with Gasteiger partial charge in [0.2, 0.25) is 0 Å². The van der Waals surface area contributed by atoms with Crippen molar-refractivity contribution in [1.82, 2.24) is 5.32 Å². The first kappa shape index (κ1) is 11.9. The Kier molecular flexibility index (Phi) is 3.28. The number of aliphatic hydroxyl groups is 1. The molecule has 1 aromatic rings. The van der Waals surface area contributed by atoms with Crippen molar-refractivity contribution < 1.29 is 19.4 Å². The smallest absolute Gasteiger partial charge is 0.255 e. The molecule has 1 aromatic carbocycles. The summed E-state index contributed by atoms with van der Waals surface area (Å²) in [6, 6.07) is 3.20. The van der Waals surface area contributed by atoms with Crippen LogP contribution in [-0.2, 0) is 0 Å². The lowest BCUT2D eigenvalue weighted by molar-refractivity contribution is 0.0898. The van der Waals surface area contributed by atoms with Gasteiger partial charge < -0.3 is 15.5 Å². The molecule has 0 spiro atoms. The number of aromatic hydroxyl groups is 1. The van der Waals surface area contributed by atoms with Crippen LogP contribution in [0.2, 0.25) is 0 Å². The lowest BCUT2D eigenvalue weighted by Crippen LogP contribution is -2.33. The Bertz CT molecular complexity index is 432. The summed E-state index contributed by atoms with van der Waals surface area (Å²) in [4.78, 5) is 11.6. The van der Waals surface area contributed by atoms with E-state index in [0.29, 0.717) is 0 Å². The van der Waals surface area contributed by atoms with Gasteiger partial charge in [0.25, 0.3) is 5.91 Å². The fourth-order valence-corrected chi connectivity index (χ4v) is 1.64. The zero-order chi connectivity index (χ0) is 12.4. The molecule has 1 atom stereocenters. The normalized spacial score (nSPS) is 16.6. The quantitative estimate of drug-likeness (QED) is 0.735. The molecule has 0 heterocycles. The predicted molar refractivity (Wildman–Crippen MR) is 59.1 cm³/mol. The van der Waals surface area contributed by atoms with Gasteiger partial charge in [0.05, 0.1) is 11.7 Å². The molecule has 3 N–H and O–H groups in total. The van der Waals surface area contributed by atoms with Gasteiger partial charge in [-0.25, -0.2) is 4.39 Å². The Hall–Kier alpha value is -1.62. The number of carbonyl (C=O) groups excluding carboxylic acids is 1. The molecule has 1 amide bonds. The zero-order valence-electron chi connectivity index (χ0n) is 9.19. The number of hydrogen-bond acceptors (Lipinski definition) is 3. The highest BCUT2D eigenvalue weighted by Crippen LogP contribution is 2.32. The minimum Gasteiger partial charge on any atom is -0.507 e. The topological polar surface area (TPSA) is 69.6 Å². The third kappa shape index (κ3) is 2.94. The maximum Gasteiger partial charge on any atom is 0.255 e. The van der Waals surface area contributed by atoms with Gasteiger partial charge in [-0.1, -0.05) is 0 Å². The van der Waals surface area contributed by atoms with Gasteiger partial charge >= 0.3 is 0 Å². The Morgan fingerprint density at radius 2 is 2.24 bits per heavy atom. The first-order valence-corrected chi connectivity index (χ1v) is 5.52. The highest BCUT2D eigenvalue weighted by Gasteiger charge is 2.29. The van der Waals surface area contributed by atoms with Crippen LogP contribution in [0.25, 0.3) is 0 Å². The standard InChI is InChI=1S/C12H14FNO3/c13-8-3-4-9(10(15)5-8)12(17)14-6-11(16)7-1-2-7/h3-5,7,11,15-16H,1-2,6H2,(H,14,17). The van der Waals surface area contributed by atoms with Crippen LogP contribution in [0.1, 0.15) is 23.2 Å². The number of amides is 1. The van der Waals surface area contributed by atoms with Crippen molar-refractivity contribution in [3.05, 3.63) is 29.6 Å². The molecular weight excluding hydrogens is 225 g/mol. The Balaban J connectivity index is 1.94. The Labute approximate surface area is 98.1 Å². The van der Waals surface area contributed by atoms with E-state index in [2.05, 4.69) is 5.32 Å². The first-order chi connectivity index (χ1) is 8.08. The summed E-state index contributed by atoms with van der Waals surface area (Å²) in [5, 5.41) is 21.5. The molecule has 4 nitrogen and oxygen atoms in total. The van der Waals surface area contributed by atoms with Crippen LogP contribution < -0.4 is 5.32 Å². The number of nitrogens with one attached hydrogen (secondary N) is 1. The molecule has 0 radical (unpaired) electrons. The molecule has 17 heavy (non-hydrogen) atoms. The summed E-state index contributed by atoms with van der Waals surface area (Å²) in [6.45, 7) is 0.153. The fraction of sp³-hybridized carbons (Fsp3) is 0.417. The van der Waals surface area contributed by atoms with E-state index in [4.69, 9.17) is 0 Å². The van der Waals surface area contributed by atoms with Crippen molar-refractivity contribution in [1.29, 1.82) is 0 Å². The number of hydrogen-bond donors (Lipinski definition) is 3. The van der Waals surface area contributed by atoms with E-state index in [1.165, 1.54) is 6.07 Å². The molecule has 1 unspecified atom stereocenters. The number of phenols is 1. The average Bonchev–Trinajstić information content (AvgIpc) is 3.09. The summed E-state index contributed by atoms with van der Waals surface area (Å²) in [5.74, 6) is -1.24. The van der Waals surface area contributed by atoms with Gasteiger partial charge in [-0.15, -0.1) is 0 Å². The number of benzene rings is 1. The van der Waals surface area contributed by atoms with Crippen molar-refractivity contribution in [2.75, 3.05) is 6.54 Å². The second-order valence-electron chi connectivity index (χ2n) is 4.28. The SMILES string of the molecule is O=C(NCC(O)C1CC1)c1ccc(F)cc1O. The monoisotopic (exact) mass is 239 g/mol. The molecule has 1 aliphatic rings. The van der Waals surface area contributed by atoms with E-state index in [1.807, 2.05) is 0 Å². The Morgan fingerprint density at radius 3 is 2.82 bits per heavy atom. The zero-order valence-corrected chi connectivity index (χ0v) is 9.19. The lowest BCUT2D eigenvalue weighted by atomic mass is 10.1. The van der Waals surface area contributed by atoms with Crippen molar-refractivity contribution in [3.8, 4) is 5.75 Å². The summed E-state index contributed by atoms with van der Waals surface area (Å²) in [7, 11) is 0. The van der Waals surface area contributed by atoms with Gasteiger partial charge in [0, 0.05) is 12.6 Å². The van der Waals surface area contributed by atoms with Crippen molar-refractivity contribution in [2.24, 2.45) is 5.92 Å². The Morgan fingerprint density at radius 1 is 1.53 bits per heavy atom. The molecule has 0 aromatic heterocycles. The molecule has 1 fully saturated rings. The van der Waals surface area contributed by atoms with E-state index in [0.717, 1.165) is 25.0 Å². The van der Waals surface area contributed by atoms with E-state index in [9.17, 15) is 19.4 Å². The van der Waals surface area contributed by atoms with E-state index in [-0.39, 0.29) is 18.0 Å². The highest BCUT2D eigenvalue weighted by atomic mass is 19.1. The third-order valence-corrected chi connectivity index (χ3v) is 2.84. The van der Waals surface area contributed by atoms with E-state index >= 15 is 0 Å². The third-order valence-electron chi connectivity index (χ3n) is 2.84. The molecule has 1 saturated carbocycles. The van der Waals surface area contributed by atoms with Crippen molar-refractivity contribution in [2.45, 2.75) is 18.9 Å². The minimum absolute atomic E-state index is 0.00870. The van der Waals surface area contributed by atoms with Gasteiger partial charge in [0.1, 0.15) is 11.6 Å². The van der Waals surface area contributed by atoms with Gasteiger partial charge in [-0.3, -0.25) is 4.79 Å². The van der Waals surface area contributed by atoms with Crippen LogP contribution in [0, 0.1) is 11.7 Å². The molecule has 5 heteroatoms. The summed E-state index contributed by atoms with van der Waals surface area (Å²) >= 11 is 0. The van der Waals surface area contributed by atoms with Crippen LogP contribution in [0.4, 0.5) is 4.39 Å². The highest BCUT2D eigenvalue weighted by molar-refractivity contribution is 5.96. The average molecular weight is 239 g/mol. The molecular formula is C12H14FNO3. The van der Waals surface area contributed by atoms with Gasteiger partial charge in [-0.05, 0) is 30.9 Å². The largest absolute Gasteiger partial charge is 0.507 e. The van der Waals surface area contributed by atoms with Crippen LogP contribution in [0.3, 0.4) is 0 Å². The summed E-state index contributed by atoms with van der Waals surface area (Å²) in [6.07, 6.45) is 1.43. The van der Waals surface area contributed by atoms with Gasteiger partial charge in [-0.2, -0.15) is 0 Å². The van der Waals surface area contributed by atoms with Gasteiger partial charge in [0.15, 0.2) is 0 Å². The van der Waals surface area contributed by atoms with E-state index in [1.54, 1.807) is 0 Å². The van der Waals surface area contributed by atoms with Crippen LogP contribution >= 0.6 is 0 Å². The second-order valence-corrected chi connectivity index (χ2v) is 4.28. The molecule has 0 aliphatic heterocycles. The fourth-order valence-electron chi connectivity index (χ4n) is 1.64. The maximum absolute atomic E-state index is 12.7.